The van der Waals surface area contributed by atoms with E-state index in [0.717, 1.165) is 5.56 Å². The maximum atomic E-state index is 13.8. The monoisotopic (exact) mass is 587 g/mol. The molecule has 0 saturated heterocycles. The molecule has 10 heteroatoms. The highest BCUT2D eigenvalue weighted by atomic mass is 35.5. The van der Waals surface area contributed by atoms with Crippen LogP contribution in [0.25, 0.3) is 17.3 Å². The minimum atomic E-state index is -0.718. The number of aromatic nitrogens is 3. The lowest BCUT2D eigenvalue weighted by atomic mass is 9.97. The maximum absolute atomic E-state index is 13.8. The summed E-state index contributed by atoms with van der Waals surface area (Å²) in [6, 6.07) is 18.3. The van der Waals surface area contributed by atoms with Gasteiger partial charge in [-0.25, -0.2) is 13.9 Å². The van der Waals surface area contributed by atoms with Gasteiger partial charge in [0, 0.05) is 16.8 Å². The fraction of sp³-hybridized carbons (Fsp3) is 0.250. The summed E-state index contributed by atoms with van der Waals surface area (Å²) in [5.74, 6) is -0.770. The zero-order valence-electron chi connectivity index (χ0n) is 23.8. The number of hydrogen-bond acceptors (Lipinski definition) is 5. The Morgan fingerprint density at radius 3 is 2.40 bits per heavy atom. The van der Waals surface area contributed by atoms with Gasteiger partial charge in [-0.15, -0.1) is 0 Å². The van der Waals surface area contributed by atoms with Crippen molar-refractivity contribution in [2.75, 3.05) is 6.54 Å². The largest absolute Gasteiger partial charge is 0.444 e. The second kappa shape index (κ2) is 11.8. The van der Waals surface area contributed by atoms with Gasteiger partial charge in [0.2, 0.25) is 0 Å². The third-order valence-corrected chi connectivity index (χ3v) is 6.88. The molecule has 2 aromatic carbocycles. The normalized spacial score (nSPS) is 14.8. The van der Waals surface area contributed by atoms with Crippen LogP contribution in [0, 0.1) is 5.82 Å². The van der Waals surface area contributed by atoms with Crippen LogP contribution in [0.2, 0.25) is 5.02 Å². The number of hydrogen-bond donors (Lipinski definition) is 1. The average molecular weight is 588 g/mol. The van der Waals surface area contributed by atoms with E-state index in [1.165, 1.54) is 17.0 Å². The summed E-state index contributed by atoms with van der Waals surface area (Å²) < 4.78 is 21.1. The number of rotatable bonds is 5. The smallest absolute Gasteiger partial charge is 0.410 e. The standard InChI is InChI=1S/C32H31ClFN5O3/c1-20(27-7-5-6-16-35-27)36-30(40)28-26-19-38(31(41)42-32(2,3)4)18-22(17-21-8-12-24(34)13-9-21)29(26)39(37-28)25-14-10-23(33)11-15-25/h5-17,20H,18-19H2,1-4H3,(H,36,40). The maximum Gasteiger partial charge on any atom is 0.410 e. The van der Waals surface area contributed by atoms with Gasteiger partial charge < -0.3 is 10.1 Å². The summed E-state index contributed by atoms with van der Waals surface area (Å²) in [5, 5.41) is 8.33. The van der Waals surface area contributed by atoms with Gasteiger partial charge in [0.05, 0.1) is 36.2 Å². The lowest BCUT2D eigenvalue weighted by Gasteiger charge is -2.32. The van der Waals surface area contributed by atoms with Crippen LogP contribution in [-0.2, 0) is 11.3 Å². The molecule has 0 radical (unpaired) electrons. The van der Waals surface area contributed by atoms with E-state index < -0.39 is 23.6 Å². The van der Waals surface area contributed by atoms with Crippen molar-refractivity contribution >= 4 is 35.3 Å². The Bertz CT molecular complexity index is 1630. The lowest BCUT2D eigenvalue weighted by molar-refractivity contribution is 0.0254. The highest BCUT2D eigenvalue weighted by Gasteiger charge is 2.35. The Balaban J connectivity index is 1.65. The summed E-state index contributed by atoms with van der Waals surface area (Å²) in [7, 11) is 0. The highest BCUT2D eigenvalue weighted by Crippen LogP contribution is 2.35. The zero-order chi connectivity index (χ0) is 30.0. The summed E-state index contributed by atoms with van der Waals surface area (Å²) in [5.41, 5.74) is 3.48. The van der Waals surface area contributed by atoms with Crippen LogP contribution >= 0.6 is 11.6 Å². The van der Waals surface area contributed by atoms with Crippen molar-refractivity contribution in [1.29, 1.82) is 0 Å². The SMILES string of the molecule is CC(NC(=O)c1nn(-c2ccc(Cl)cc2)c2c1CN(C(=O)OC(C)(C)C)CC2=Cc1ccc(F)cc1)c1ccccn1. The van der Waals surface area contributed by atoms with E-state index in [-0.39, 0.29) is 24.6 Å². The molecular formula is C32H31ClFN5O3. The zero-order valence-corrected chi connectivity index (χ0v) is 24.5. The number of nitrogens with one attached hydrogen (secondary N) is 1. The van der Waals surface area contributed by atoms with Gasteiger partial charge in [0.25, 0.3) is 5.91 Å². The number of amides is 2. The van der Waals surface area contributed by atoms with E-state index in [1.54, 1.807) is 55.9 Å². The minimum Gasteiger partial charge on any atom is -0.444 e. The molecule has 1 aliphatic rings. The van der Waals surface area contributed by atoms with Crippen LogP contribution < -0.4 is 5.32 Å². The summed E-state index contributed by atoms with van der Waals surface area (Å²) in [6.45, 7) is 7.52. The minimum absolute atomic E-state index is 0.0965. The predicted octanol–water partition coefficient (Wildman–Crippen LogP) is 6.84. The molecule has 0 fully saturated rings. The van der Waals surface area contributed by atoms with E-state index in [1.807, 2.05) is 43.3 Å². The van der Waals surface area contributed by atoms with E-state index in [9.17, 15) is 14.0 Å². The molecule has 1 N–H and O–H groups in total. The predicted molar refractivity (Wildman–Crippen MR) is 160 cm³/mol. The average Bonchev–Trinajstić information content (AvgIpc) is 3.34. The van der Waals surface area contributed by atoms with Crippen molar-refractivity contribution in [3.8, 4) is 5.69 Å². The molecule has 42 heavy (non-hydrogen) atoms. The third kappa shape index (κ3) is 6.52. The first-order valence-electron chi connectivity index (χ1n) is 13.5. The van der Waals surface area contributed by atoms with Crippen LogP contribution in [0.5, 0.6) is 0 Å². The van der Waals surface area contributed by atoms with Crippen molar-refractivity contribution in [2.45, 2.75) is 45.9 Å². The first-order chi connectivity index (χ1) is 20.0. The van der Waals surface area contributed by atoms with E-state index in [2.05, 4.69) is 10.3 Å². The van der Waals surface area contributed by atoms with Gasteiger partial charge in [-0.1, -0.05) is 29.8 Å². The Morgan fingerprint density at radius 2 is 1.76 bits per heavy atom. The van der Waals surface area contributed by atoms with Crippen molar-refractivity contribution in [1.82, 2.24) is 25.0 Å². The molecular weight excluding hydrogens is 557 g/mol. The molecule has 4 aromatic rings. The topological polar surface area (TPSA) is 89.4 Å². The molecule has 3 heterocycles. The molecule has 1 atom stereocenters. The van der Waals surface area contributed by atoms with Gasteiger partial charge >= 0.3 is 6.09 Å². The molecule has 0 saturated carbocycles. The van der Waals surface area contributed by atoms with Crippen molar-refractivity contribution < 1.29 is 18.7 Å². The highest BCUT2D eigenvalue weighted by molar-refractivity contribution is 6.30. The van der Waals surface area contributed by atoms with Crippen LogP contribution in [0.1, 0.15) is 66.7 Å². The molecule has 0 spiro atoms. The molecule has 8 nitrogen and oxygen atoms in total. The fourth-order valence-electron chi connectivity index (χ4n) is 4.71. The molecule has 0 aliphatic carbocycles. The third-order valence-electron chi connectivity index (χ3n) is 6.63. The van der Waals surface area contributed by atoms with Crippen LogP contribution in [0.15, 0.2) is 72.9 Å². The van der Waals surface area contributed by atoms with E-state index in [0.29, 0.717) is 33.2 Å². The number of pyridine rings is 1. The number of halogens is 2. The molecule has 5 rings (SSSR count). The molecule has 2 aromatic heterocycles. The Morgan fingerprint density at radius 1 is 1.05 bits per heavy atom. The number of carbonyl (C=O) groups is 2. The fourth-order valence-corrected chi connectivity index (χ4v) is 4.84. The van der Waals surface area contributed by atoms with Crippen LogP contribution in [0.4, 0.5) is 9.18 Å². The number of ether oxygens (including phenoxy) is 1. The summed E-state index contributed by atoms with van der Waals surface area (Å²) in [4.78, 5) is 33.0. The number of fused-ring (bicyclic) bond motifs is 1. The number of nitrogens with zero attached hydrogens (tertiary/aromatic N) is 4. The Labute approximate surface area is 248 Å². The van der Waals surface area contributed by atoms with E-state index >= 15 is 0 Å². The molecule has 1 aliphatic heterocycles. The molecule has 1 unspecified atom stereocenters. The summed E-state index contributed by atoms with van der Waals surface area (Å²) in [6.07, 6.45) is 3.01. The molecule has 2 amide bonds. The summed E-state index contributed by atoms with van der Waals surface area (Å²) >= 11 is 6.17. The van der Waals surface area contributed by atoms with E-state index in [4.69, 9.17) is 21.4 Å². The molecule has 216 valence electrons. The van der Waals surface area contributed by atoms with Crippen molar-refractivity contribution in [3.63, 3.8) is 0 Å². The van der Waals surface area contributed by atoms with Crippen LogP contribution in [-0.4, -0.2) is 43.8 Å². The Kier molecular flexibility index (Phi) is 8.13. The van der Waals surface area contributed by atoms with Gasteiger partial charge in [-0.2, -0.15) is 5.10 Å². The quantitative estimate of drug-likeness (QED) is 0.276. The second-order valence-electron chi connectivity index (χ2n) is 11.1. The van der Waals surface area contributed by atoms with Gasteiger partial charge in [0.15, 0.2) is 5.69 Å². The molecule has 0 bridgehead atoms. The van der Waals surface area contributed by atoms with Gasteiger partial charge in [-0.3, -0.25) is 14.7 Å². The first-order valence-corrected chi connectivity index (χ1v) is 13.9. The van der Waals surface area contributed by atoms with Crippen LogP contribution in [0.3, 0.4) is 0 Å². The Hall–Kier alpha value is -4.50. The number of benzene rings is 2. The first kappa shape index (κ1) is 29.0. The lowest BCUT2D eigenvalue weighted by Crippen LogP contribution is -2.40. The van der Waals surface area contributed by atoms with Gasteiger partial charge in [0.1, 0.15) is 11.4 Å². The van der Waals surface area contributed by atoms with Crippen molar-refractivity contribution in [3.05, 3.63) is 112 Å². The van der Waals surface area contributed by atoms with Gasteiger partial charge in [-0.05, 0) is 93.4 Å². The number of carbonyl (C=O) groups excluding carboxylic acids is 2. The van der Waals surface area contributed by atoms with Crippen molar-refractivity contribution in [2.24, 2.45) is 0 Å². The second-order valence-corrected chi connectivity index (χ2v) is 11.5.